The smallest absolute Gasteiger partial charge is 0.279 e. The Kier molecular flexibility index (Phi) is 4.15. The molecule has 5 nitrogen and oxygen atoms in total. The van der Waals surface area contributed by atoms with Crippen LogP contribution in [0, 0.1) is 12.7 Å². The van der Waals surface area contributed by atoms with Gasteiger partial charge in [-0.05, 0) is 74.4 Å². The fraction of sp³-hybridized carbons (Fsp3) is 0.304. The van der Waals surface area contributed by atoms with Gasteiger partial charge in [-0.1, -0.05) is 12.1 Å². The Morgan fingerprint density at radius 1 is 1.07 bits per heavy atom. The van der Waals surface area contributed by atoms with Gasteiger partial charge in [0.05, 0.1) is 0 Å². The van der Waals surface area contributed by atoms with Crippen molar-refractivity contribution in [2.24, 2.45) is 0 Å². The number of carbonyl (C=O) groups excluding carboxylic acids is 1. The number of carbonyl (C=O) groups is 1. The molecule has 0 saturated carbocycles. The molecule has 1 amide bonds. The summed E-state index contributed by atoms with van der Waals surface area (Å²) >= 11 is 0. The fourth-order valence-electron chi connectivity index (χ4n) is 4.58. The van der Waals surface area contributed by atoms with Crippen molar-refractivity contribution in [1.29, 1.82) is 0 Å². The van der Waals surface area contributed by atoms with Crippen LogP contribution in [0.4, 0.5) is 15.8 Å². The average Bonchev–Trinajstić information content (AvgIpc) is 3.31. The minimum atomic E-state index is -0.322. The first-order chi connectivity index (χ1) is 14.0. The lowest BCUT2D eigenvalue weighted by Gasteiger charge is -2.30. The van der Waals surface area contributed by atoms with Gasteiger partial charge in [0, 0.05) is 29.2 Å². The van der Waals surface area contributed by atoms with Crippen LogP contribution in [0.5, 0.6) is 0 Å². The first kappa shape index (κ1) is 17.9. The van der Waals surface area contributed by atoms with Crippen molar-refractivity contribution in [2.75, 3.05) is 17.2 Å². The molecule has 1 aromatic heterocycles. The number of hydrogen-bond acceptors (Lipinski definition) is 3. The quantitative estimate of drug-likeness (QED) is 0.673. The third-order valence-electron chi connectivity index (χ3n) is 6.00. The number of fused-ring (bicyclic) bond motifs is 2. The van der Waals surface area contributed by atoms with Crippen LogP contribution in [0.15, 0.2) is 36.4 Å². The van der Waals surface area contributed by atoms with E-state index in [9.17, 15) is 9.18 Å². The molecule has 0 unspecified atom stereocenters. The molecule has 2 aliphatic rings. The Balaban J connectivity index is 1.60. The molecule has 5 rings (SSSR count). The first-order valence-electron chi connectivity index (χ1n) is 10.1. The summed E-state index contributed by atoms with van der Waals surface area (Å²) in [6, 6.07) is 10.8. The topological polar surface area (TPSA) is 64.2 Å². The summed E-state index contributed by atoms with van der Waals surface area (Å²) in [6.45, 7) is 2.49. The van der Waals surface area contributed by atoms with Crippen molar-refractivity contribution < 1.29 is 9.18 Å². The molecule has 0 spiro atoms. The average molecular weight is 390 g/mol. The van der Waals surface area contributed by atoms with Gasteiger partial charge in [0.15, 0.2) is 5.69 Å². The standard InChI is InChI=1S/C23H23FN4O/c1-14-10-11-21(17(24)13-14)28-20-9-2-5-16(20)22(26-28)23(29)27-12-4-6-15-18(25)7-3-8-19(15)27/h3,7-8,10-11,13H,2,4-6,9,12,25H2,1H3. The van der Waals surface area contributed by atoms with Gasteiger partial charge in [0.25, 0.3) is 5.91 Å². The molecule has 6 heteroatoms. The first-order valence-corrected chi connectivity index (χ1v) is 10.1. The summed E-state index contributed by atoms with van der Waals surface area (Å²) in [6.07, 6.45) is 4.27. The zero-order valence-electron chi connectivity index (χ0n) is 16.4. The van der Waals surface area contributed by atoms with Gasteiger partial charge in [0.2, 0.25) is 0 Å². The molecule has 148 valence electrons. The fourth-order valence-corrected chi connectivity index (χ4v) is 4.58. The molecule has 1 aliphatic heterocycles. The maximum absolute atomic E-state index is 14.6. The molecular weight excluding hydrogens is 367 g/mol. The molecule has 2 aromatic carbocycles. The summed E-state index contributed by atoms with van der Waals surface area (Å²) in [7, 11) is 0. The number of aromatic nitrogens is 2. The highest BCUT2D eigenvalue weighted by molar-refractivity contribution is 6.07. The SMILES string of the molecule is Cc1ccc(-n2nc(C(=O)N3CCCc4c(N)cccc43)c3c2CCC3)c(F)c1. The summed E-state index contributed by atoms with van der Waals surface area (Å²) < 4.78 is 16.3. The minimum Gasteiger partial charge on any atom is -0.398 e. The lowest BCUT2D eigenvalue weighted by atomic mass is 9.99. The number of nitrogens with zero attached hydrogens (tertiary/aromatic N) is 3. The second-order valence-corrected chi connectivity index (χ2v) is 7.90. The van der Waals surface area contributed by atoms with Gasteiger partial charge in [-0.2, -0.15) is 5.10 Å². The Bertz CT molecular complexity index is 1130. The monoisotopic (exact) mass is 390 g/mol. The Morgan fingerprint density at radius 2 is 1.90 bits per heavy atom. The molecule has 2 N–H and O–H groups in total. The maximum atomic E-state index is 14.6. The number of nitrogen functional groups attached to an aromatic ring is 1. The normalized spacial score (nSPS) is 15.3. The van der Waals surface area contributed by atoms with E-state index in [1.807, 2.05) is 31.2 Å². The molecular formula is C23H23FN4O. The van der Waals surface area contributed by atoms with E-state index in [1.54, 1.807) is 15.6 Å². The van der Waals surface area contributed by atoms with Crippen molar-refractivity contribution in [3.8, 4) is 5.69 Å². The predicted molar refractivity (Wildman–Crippen MR) is 111 cm³/mol. The number of aryl methyl sites for hydroxylation is 1. The molecule has 3 aromatic rings. The number of nitrogens with two attached hydrogens (primary N) is 1. The van der Waals surface area contributed by atoms with Crippen molar-refractivity contribution >= 4 is 17.3 Å². The molecule has 0 atom stereocenters. The van der Waals surface area contributed by atoms with E-state index in [0.717, 1.165) is 65.9 Å². The molecule has 0 bridgehead atoms. The molecule has 0 saturated heterocycles. The van der Waals surface area contributed by atoms with Crippen molar-refractivity contribution in [1.82, 2.24) is 9.78 Å². The van der Waals surface area contributed by atoms with Crippen LogP contribution in [0.2, 0.25) is 0 Å². The van der Waals surface area contributed by atoms with E-state index in [4.69, 9.17) is 5.73 Å². The van der Waals surface area contributed by atoms with Gasteiger partial charge in [-0.25, -0.2) is 9.07 Å². The summed E-state index contributed by atoms with van der Waals surface area (Å²) in [5.41, 5.74) is 12.3. The lowest BCUT2D eigenvalue weighted by molar-refractivity contribution is 0.0979. The highest BCUT2D eigenvalue weighted by Gasteiger charge is 2.32. The largest absolute Gasteiger partial charge is 0.398 e. The van der Waals surface area contributed by atoms with Crippen molar-refractivity contribution in [3.63, 3.8) is 0 Å². The van der Waals surface area contributed by atoms with E-state index in [1.165, 1.54) is 6.07 Å². The Labute approximate surface area is 168 Å². The minimum absolute atomic E-state index is 0.124. The third-order valence-corrected chi connectivity index (χ3v) is 6.00. The molecule has 2 heterocycles. The number of hydrogen-bond donors (Lipinski definition) is 1. The summed E-state index contributed by atoms with van der Waals surface area (Å²) in [5, 5.41) is 4.62. The third kappa shape index (κ3) is 2.82. The van der Waals surface area contributed by atoms with Crippen LogP contribution < -0.4 is 10.6 Å². The number of benzene rings is 2. The number of halogens is 1. The number of anilines is 2. The van der Waals surface area contributed by atoms with Gasteiger partial charge in [-0.3, -0.25) is 4.79 Å². The zero-order chi connectivity index (χ0) is 20.1. The van der Waals surface area contributed by atoms with Crippen LogP contribution in [-0.2, 0) is 19.3 Å². The van der Waals surface area contributed by atoms with E-state index in [-0.39, 0.29) is 11.7 Å². The highest BCUT2D eigenvalue weighted by atomic mass is 19.1. The van der Waals surface area contributed by atoms with Crippen molar-refractivity contribution in [2.45, 2.75) is 39.0 Å². The van der Waals surface area contributed by atoms with Gasteiger partial charge in [-0.15, -0.1) is 0 Å². The molecule has 1 aliphatic carbocycles. The summed E-state index contributed by atoms with van der Waals surface area (Å²) in [5.74, 6) is -0.446. The van der Waals surface area contributed by atoms with Crippen LogP contribution in [0.1, 0.15) is 45.7 Å². The lowest BCUT2D eigenvalue weighted by Crippen LogP contribution is -2.36. The predicted octanol–water partition coefficient (Wildman–Crippen LogP) is 3.98. The maximum Gasteiger partial charge on any atom is 0.279 e. The van der Waals surface area contributed by atoms with E-state index >= 15 is 0 Å². The van der Waals surface area contributed by atoms with Crippen LogP contribution in [-0.4, -0.2) is 22.2 Å². The van der Waals surface area contributed by atoms with Gasteiger partial charge in [0.1, 0.15) is 11.5 Å². The van der Waals surface area contributed by atoms with Crippen LogP contribution in [0.3, 0.4) is 0 Å². The Morgan fingerprint density at radius 3 is 2.72 bits per heavy atom. The van der Waals surface area contributed by atoms with E-state index in [2.05, 4.69) is 5.10 Å². The van der Waals surface area contributed by atoms with Crippen LogP contribution in [0.25, 0.3) is 5.69 Å². The molecule has 29 heavy (non-hydrogen) atoms. The number of amides is 1. The van der Waals surface area contributed by atoms with Gasteiger partial charge >= 0.3 is 0 Å². The van der Waals surface area contributed by atoms with Gasteiger partial charge < -0.3 is 10.6 Å². The summed E-state index contributed by atoms with van der Waals surface area (Å²) in [4.78, 5) is 15.3. The molecule has 0 fully saturated rings. The second kappa shape index (κ2) is 6.72. The zero-order valence-corrected chi connectivity index (χ0v) is 16.4. The Hall–Kier alpha value is -3.15. The van der Waals surface area contributed by atoms with Crippen molar-refractivity contribution in [3.05, 3.63) is 70.3 Å². The number of rotatable bonds is 2. The van der Waals surface area contributed by atoms with E-state index in [0.29, 0.717) is 17.9 Å². The second-order valence-electron chi connectivity index (χ2n) is 7.90. The van der Waals surface area contributed by atoms with Crippen LogP contribution >= 0.6 is 0 Å². The highest BCUT2D eigenvalue weighted by Crippen LogP contribution is 2.34. The molecule has 0 radical (unpaired) electrons. The van der Waals surface area contributed by atoms with E-state index < -0.39 is 0 Å².